The molecule has 1 heterocycles. The summed E-state index contributed by atoms with van der Waals surface area (Å²) in [6, 6.07) is 11.8. The van der Waals surface area contributed by atoms with Gasteiger partial charge in [-0.25, -0.2) is 9.38 Å². The quantitative estimate of drug-likeness (QED) is 0.784. The predicted molar refractivity (Wildman–Crippen MR) is 114 cm³/mol. The van der Waals surface area contributed by atoms with E-state index in [0.717, 1.165) is 29.7 Å². The van der Waals surface area contributed by atoms with Gasteiger partial charge in [-0.05, 0) is 62.1 Å². The van der Waals surface area contributed by atoms with E-state index in [1.807, 2.05) is 32.0 Å². The molecular formula is C22H22FN3O2S. The van der Waals surface area contributed by atoms with Crippen molar-refractivity contribution < 1.29 is 14.0 Å². The molecule has 1 aliphatic heterocycles. The van der Waals surface area contributed by atoms with E-state index in [1.54, 1.807) is 4.90 Å². The summed E-state index contributed by atoms with van der Waals surface area (Å²) in [7, 11) is 0. The lowest BCUT2D eigenvalue weighted by molar-refractivity contribution is -0.128. The molecule has 0 aromatic heterocycles. The first kappa shape index (κ1) is 19.6. The first-order chi connectivity index (χ1) is 13.9. The number of nitrogens with zero attached hydrogens (tertiary/aromatic N) is 2. The molecule has 2 aromatic carbocycles. The average molecular weight is 412 g/mol. The number of carbonyl (C=O) groups excluding carboxylic acids is 2. The van der Waals surface area contributed by atoms with Gasteiger partial charge in [-0.3, -0.25) is 14.5 Å². The summed E-state index contributed by atoms with van der Waals surface area (Å²) in [5.74, 6) is -0.694. The summed E-state index contributed by atoms with van der Waals surface area (Å²) in [5.41, 5.74) is 3.50. The fourth-order valence-corrected chi connectivity index (χ4v) is 4.55. The largest absolute Gasteiger partial charge is 0.326 e. The van der Waals surface area contributed by atoms with Gasteiger partial charge in [0.25, 0.3) is 0 Å². The molecule has 2 aromatic rings. The minimum absolute atomic E-state index is 0.0515. The van der Waals surface area contributed by atoms with Gasteiger partial charge in [0.1, 0.15) is 11.1 Å². The third-order valence-corrected chi connectivity index (χ3v) is 6.18. The number of para-hydroxylation sites is 1. The molecule has 2 aliphatic rings. The number of rotatable bonds is 5. The second kappa shape index (κ2) is 7.99. The molecule has 1 atom stereocenters. The zero-order chi connectivity index (χ0) is 20.5. The van der Waals surface area contributed by atoms with E-state index in [4.69, 9.17) is 4.99 Å². The summed E-state index contributed by atoms with van der Waals surface area (Å²) >= 11 is 1.35. The SMILES string of the molecule is Cc1cccc(C)c1N=C1SC(CC(=O)Nc2ccc(F)cc2)C(=O)N1C1CC1. The van der Waals surface area contributed by atoms with Crippen LogP contribution in [0.5, 0.6) is 0 Å². The highest BCUT2D eigenvalue weighted by atomic mass is 32.2. The van der Waals surface area contributed by atoms with Gasteiger partial charge in [0.05, 0.1) is 5.69 Å². The molecular weight excluding hydrogens is 389 g/mol. The number of amidine groups is 1. The molecule has 1 N–H and O–H groups in total. The summed E-state index contributed by atoms with van der Waals surface area (Å²) in [6.45, 7) is 4.01. The Morgan fingerprint density at radius 1 is 1.17 bits per heavy atom. The minimum Gasteiger partial charge on any atom is -0.326 e. The van der Waals surface area contributed by atoms with Gasteiger partial charge in [0, 0.05) is 18.2 Å². The van der Waals surface area contributed by atoms with Crippen LogP contribution in [0.3, 0.4) is 0 Å². The van der Waals surface area contributed by atoms with Crippen LogP contribution in [-0.4, -0.2) is 33.2 Å². The van der Waals surface area contributed by atoms with Crippen LogP contribution < -0.4 is 5.32 Å². The first-order valence-corrected chi connectivity index (χ1v) is 10.5. The van der Waals surface area contributed by atoms with E-state index in [1.165, 1.54) is 36.0 Å². The van der Waals surface area contributed by atoms with E-state index in [0.29, 0.717) is 10.9 Å². The Balaban J connectivity index is 1.52. The fourth-order valence-electron chi connectivity index (χ4n) is 3.35. The molecule has 0 spiro atoms. The van der Waals surface area contributed by atoms with Crippen molar-refractivity contribution >= 4 is 40.1 Å². The molecule has 1 saturated carbocycles. The zero-order valence-corrected chi connectivity index (χ0v) is 17.1. The minimum atomic E-state index is -0.501. The van der Waals surface area contributed by atoms with E-state index in [-0.39, 0.29) is 30.1 Å². The fraction of sp³-hybridized carbons (Fsp3) is 0.318. The van der Waals surface area contributed by atoms with Gasteiger partial charge in [0.2, 0.25) is 11.8 Å². The lowest BCUT2D eigenvalue weighted by Crippen LogP contribution is -2.35. The Labute approximate surface area is 173 Å². The Kier molecular flexibility index (Phi) is 5.41. The monoisotopic (exact) mass is 411 g/mol. The van der Waals surface area contributed by atoms with Gasteiger partial charge in [-0.1, -0.05) is 30.0 Å². The van der Waals surface area contributed by atoms with Crippen LogP contribution in [0.15, 0.2) is 47.5 Å². The second-order valence-electron chi connectivity index (χ2n) is 7.44. The lowest BCUT2D eigenvalue weighted by Gasteiger charge is -2.16. The number of amides is 2. The van der Waals surface area contributed by atoms with Crippen molar-refractivity contribution in [2.45, 2.75) is 44.4 Å². The van der Waals surface area contributed by atoms with Crippen LogP contribution >= 0.6 is 11.8 Å². The van der Waals surface area contributed by atoms with E-state index in [9.17, 15) is 14.0 Å². The van der Waals surface area contributed by atoms with Crippen molar-refractivity contribution in [2.24, 2.45) is 4.99 Å². The topological polar surface area (TPSA) is 61.8 Å². The number of carbonyl (C=O) groups is 2. The smallest absolute Gasteiger partial charge is 0.242 e. The van der Waals surface area contributed by atoms with Crippen LogP contribution in [-0.2, 0) is 9.59 Å². The Bertz CT molecular complexity index is 966. The number of hydrogen-bond donors (Lipinski definition) is 1. The van der Waals surface area contributed by atoms with Crippen molar-refractivity contribution in [3.8, 4) is 0 Å². The summed E-state index contributed by atoms with van der Waals surface area (Å²) in [5, 5.41) is 2.90. The molecule has 1 unspecified atom stereocenters. The van der Waals surface area contributed by atoms with E-state index >= 15 is 0 Å². The Morgan fingerprint density at radius 3 is 2.45 bits per heavy atom. The predicted octanol–water partition coefficient (Wildman–Crippen LogP) is 4.57. The van der Waals surface area contributed by atoms with Gasteiger partial charge < -0.3 is 5.32 Å². The lowest BCUT2D eigenvalue weighted by atomic mass is 10.1. The molecule has 4 rings (SSSR count). The number of halogens is 1. The number of anilines is 1. The molecule has 0 bridgehead atoms. The highest BCUT2D eigenvalue weighted by Gasteiger charge is 2.46. The van der Waals surface area contributed by atoms with Crippen LogP contribution in [0.4, 0.5) is 15.8 Å². The second-order valence-corrected chi connectivity index (χ2v) is 8.61. The molecule has 5 nitrogen and oxygen atoms in total. The molecule has 150 valence electrons. The molecule has 1 aliphatic carbocycles. The van der Waals surface area contributed by atoms with Gasteiger partial charge in [-0.2, -0.15) is 0 Å². The van der Waals surface area contributed by atoms with Crippen LogP contribution in [0.2, 0.25) is 0 Å². The molecule has 2 amide bonds. The van der Waals surface area contributed by atoms with E-state index in [2.05, 4.69) is 5.32 Å². The van der Waals surface area contributed by atoms with Crippen molar-refractivity contribution in [1.29, 1.82) is 0 Å². The molecule has 1 saturated heterocycles. The van der Waals surface area contributed by atoms with Crippen LogP contribution in [0, 0.1) is 19.7 Å². The molecule has 7 heteroatoms. The van der Waals surface area contributed by atoms with Crippen molar-refractivity contribution in [2.75, 3.05) is 5.32 Å². The standard InChI is InChI=1S/C22H22FN3O2S/c1-13-4-3-5-14(2)20(13)25-22-26(17-10-11-17)21(28)18(29-22)12-19(27)24-16-8-6-15(23)7-9-16/h3-9,17-18H,10-12H2,1-2H3,(H,24,27). The number of hydrogen-bond acceptors (Lipinski definition) is 4. The van der Waals surface area contributed by atoms with Crippen LogP contribution in [0.25, 0.3) is 0 Å². The number of aryl methyl sites for hydroxylation is 2. The first-order valence-electron chi connectivity index (χ1n) is 9.62. The molecule has 0 radical (unpaired) electrons. The van der Waals surface area contributed by atoms with Gasteiger partial charge >= 0.3 is 0 Å². The maximum absolute atomic E-state index is 13.0. The molecule has 29 heavy (non-hydrogen) atoms. The van der Waals surface area contributed by atoms with Crippen molar-refractivity contribution in [3.05, 3.63) is 59.4 Å². The summed E-state index contributed by atoms with van der Waals surface area (Å²) < 4.78 is 13.0. The Hall–Kier alpha value is -2.67. The Morgan fingerprint density at radius 2 is 1.83 bits per heavy atom. The highest BCUT2D eigenvalue weighted by molar-refractivity contribution is 8.15. The third kappa shape index (κ3) is 4.34. The zero-order valence-electron chi connectivity index (χ0n) is 16.3. The number of thioether (sulfide) groups is 1. The molecule has 2 fully saturated rings. The normalized spacial score (nSPS) is 20.4. The van der Waals surface area contributed by atoms with Gasteiger partial charge in [0.15, 0.2) is 5.17 Å². The highest BCUT2D eigenvalue weighted by Crippen LogP contribution is 2.40. The van der Waals surface area contributed by atoms with Crippen molar-refractivity contribution in [3.63, 3.8) is 0 Å². The maximum Gasteiger partial charge on any atom is 0.242 e. The number of nitrogens with one attached hydrogen (secondary N) is 1. The van der Waals surface area contributed by atoms with Gasteiger partial charge in [-0.15, -0.1) is 0 Å². The third-order valence-electron chi connectivity index (χ3n) is 5.02. The van der Waals surface area contributed by atoms with E-state index < -0.39 is 5.25 Å². The number of benzene rings is 2. The van der Waals surface area contributed by atoms with Crippen LogP contribution in [0.1, 0.15) is 30.4 Å². The summed E-state index contributed by atoms with van der Waals surface area (Å²) in [4.78, 5) is 32.0. The summed E-state index contributed by atoms with van der Waals surface area (Å²) in [6.07, 6.45) is 1.98. The van der Waals surface area contributed by atoms with Crippen molar-refractivity contribution in [1.82, 2.24) is 4.90 Å². The number of aliphatic imine (C=N–C) groups is 1. The average Bonchev–Trinajstić information content (AvgIpc) is 3.46. The maximum atomic E-state index is 13.0.